The molecule has 2 aromatic heterocycles. The molecule has 0 aliphatic heterocycles. The first-order valence-electron chi connectivity index (χ1n) is 4.52. The van der Waals surface area contributed by atoms with Crippen molar-refractivity contribution < 1.29 is 9.90 Å². The first-order valence-corrected chi connectivity index (χ1v) is 6.41. The Labute approximate surface area is 114 Å². The molecule has 0 aromatic carbocycles. The molecule has 2 heterocycles. The fraction of sp³-hybridized carbons (Fsp3) is 0.111. The number of aryl methyl sites for hydroxylation is 1. The number of hydrogen-bond donors (Lipinski definition) is 2. The van der Waals surface area contributed by atoms with Crippen molar-refractivity contribution in [1.29, 1.82) is 0 Å². The van der Waals surface area contributed by atoms with Gasteiger partial charge in [0.2, 0.25) is 0 Å². The van der Waals surface area contributed by atoms with Crippen LogP contribution in [0.5, 0.6) is 0 Å². The van der Waals surface area contributed by atoms with Gasteiger partial charge in [-0.25, -0.2) is 19.7 Å². The number of carboxylic acids is 1. The SMILES string of the molecule is Cc1nc(I)cc(Nc2ncc(C(=O)O)s2)n1. The average molecular weight is 362 g/mol. The molecular weight excluding hydrogens is 355 g/mol. The predicted molar refractivity (Wildman–Crippen MR) is 71.8 cm³/mol. The molecule has 0 unspecified atom stereocenters. The third-order valence-corrected chi connectivity index (χ3v) is 3.21. The molecule has 0 atom stereocenters. The molecule has 88 valence electrons. The zero-order chi connectivity index (χ0) is 12.4. The Balaban J connectivity index is 2.22. The molecule has 8 heteroatoms. The molecule has 2 aromatic rings. The number of nitrogens with zero attached hydrogens (tertiary/aromatic N) is 3. The fourth-order valence-electron chi connectivity index (χ4n) is 1.14. The van der Waals surface area contributed by atoms with Gasteiger partial charge < -0.3 is 10.4 Å². The van der Waals surface area contributed by atoms with Gasteiger partial charge in [0.1, 0.15) is 20.2 Å². The molecule has 0 saturated carbocycles. The molecular formula is C9H7IN4O2S. The zero-order valence-corrected chi connectivity index (χ0v) is 11.6. The molecule has 0 aliphatic rings. The van der Waals surface area contributed by atoms with E-state index in [1.54, 1.807) is 13.0 Å². The van der Waals surface area contributed by atoms with Crippen LogP contribution in [0.4, 0.5) is 10.9 Å². The van der Waals surface area contributed by atoms with Gasteiger partial charge in [-0.05, 0) is 29.5 Å². The lowest BCUT2D eigenvalue weighted by atomic mass is 10.5. The van der Waals surface area contributed by atoms with Gasteiger partial charge in [0.15, 0.2) is 5.13 Å². The minimum absolute atomic E-state index is 0.188. The lowest BCUT2D eigenvalue weighted by Crippen LogP contribution is -1.98. The summed E-state index contributed by atoms with van der Waals surface area (Å²) in [4.78, 5) is 23.1. The number of anilines is 2. The Bertz CT molecular complexity index is 552. The van der Waals surface area contributed by atoms with Crippen molar-refractivity contribution in [3.63, 3.8) is 0 Å². The highest BCUT2D eigenvalue weighted by Crippen LogP contribution is 2.22. The normalized spacial score (nSPS) is 10.2. The largest absolute Gasteiger partial charge is 0.477 e. The average Bonchev–Trinajstić information content (AvgIpc) is 2.64. The van der Waals surface area contributed by atoms with Crippen LogP contribution >= 0.6 is 33.9 Å². The Morgan fingerprint density at radius 1 is 1.53 bits per heavy atom. The Morgan fingerprint density at radius 3 is 2.88 bits per heavy atom. The second-order valence-corrected chi connectivity index (χ2v) is 5.22. The summed E-state index contributed by atoms with van der Waals surface area (Å²) >= 11 is 3.15. The van der Waals surface area contributed by atoms with Crippen LogP contribution in [0.2, 0.25) is 0 Å². The Kier molecular flexibility index (Phi) is 3.52. The molecule has 17 heavy (non-hydrogen) atoms. The predicted octanol–water partition coefficient (Wildman–Crippen LogP) is 2.29. The quantitative estimate of drug-likeness (QED) is 0.644. The highest BCUT2D eigenvalue weighted by Gasteiger charge is 2.09. The maximum absolute atomic E-state index is 10.7. The van der Waals surface area contributed by atoms with Crippen LogP contribution in [-0.4, -0.2) is 26.0 Å². The molecule has 0 amide bonds. The van der Waals surface area contributed by atoms with Crippen LogP contribution in [0.25, 0.3) is 0 Å². The van der Waals surface area contributed by atoms with Gasteiger partial charge in [-0.3, -0.25) is 0 Å². The van der Waals surface area contributed by atoms with Gasteiger partial charge in [-0.2, -0.15) is 0 Å². The number of aromatic nitrogens is 3. The summed E-state index contributed by atoms with van der Waals surface area (Å²) in [6, 6.07) is 1.76. The van der Waals surface area contributed by atoms with Crippen LogP contribution in [0.15, 0.2) is 12.3 Å². The number of rotatable bonds is 3. The van der Waals surface area contributed by atoms with E-state index < -0.39 is 5.97 Å². The van der Waals surface area contributed by atoms with E-state index in [9.17, 15) is 4.79 Å². The van der Waals surface area contributed by atoms with Crippen LogP contribution in [0, 0.1) is 10.6 Å². The number of halogens is 1. The fourth-order valence-corrected chi connectivity index (χ4v) is 2.44. The number of thiazole rings is 1. The molecule has 6 nitrogen and oxygen atoms in total. The Morgan fingerprint density at radius 2 is 2.29 bits per heavy atom. The van der Waals surface area contributed by atoms with Crippen molar-refractivity contribution in [2.75, 3.05) is 5.32 Å². The topological polar surface area (TPSA) is 88.0 Å². The van der Waals surface area contributed by atoms with Crippen LogP contribution in [0.1, 0.15) is 15.5 Å². The minimum Gasteiger partial charge on any atom is -0.477 e. The zero-order valence-electron chi connectivity index (χ0n) is 8.64. The van der Waals surface area contributed by atoms with Crippen molar-refractivity contribution in [2.45, 2.75) is 6.92 Å². The lowest BCUT2D eigenvalue weighted by molar-refractivity contribution is 0.0702. The van der Waals surface area contributed by atoms with Gasteiger partial charge in [0.25, 0.3) is 0 Å². The maximum atomic E-state index is 10.7. The smallest absolute Gasteiger partial charge is 0.347 e. The minimum atomic E-state index is -0.982. The van der Waals surface area contributed by atoms with Gasteiger partial charge in [0.05, 0.1) is 6.20 Å². The first kappa shape index (κ1) is 12.2. The summed E-state index contributed by atoms with van der Waals surface area (Å²) in [6.07, 6.45) is 1.31. The van der Waals surface area contributed by atoms with E-state index in [1.165, 1.54) is 6.20 Å². The second kappa shape index (κ2) is 4.92. The monoisotopic (exact) mass is 362 g/mol. The number of carboxylic acid groups (broad SMARTS) is 1. The van der Waals surface area contributed by atoms with Gasteiger partial charge in [-0.15, -0.1) is 0 Å². The summed E-state index contributed by atoms with van der Waals surface area (Å²) in [5, 5.41) is 12.2. The van der Waals surface area contributed by atoms with Crippen LogP contribution in [-0.2, 0) is 0 Å². The first-order chi connectivity index (χ1) is 8.04. The van der Waals surface area contributed by atoms with E-state index in [2.05, 4.69) is 42.9 Å². The molecule has 0 bridgehead atoms. The van der Waals surface area contributed by atoms with Gasteiger partial charge in [-0.1, -0.05) is 11.3 Å². The summed E-state index contributed by atoms with van der Waals surface area (Å²) < 4.78 is 0.813. The number of aromatic carboxylic acids is 1. The van der Waals surface area contributed by atoms with Crippen molar-refractivity contribution in [2.24, 2.45) is 0 Å². The van der Waals surface area contributed by atoms with E-state index >= 15 is 0 Å². The molecule has 0 radical (unpaired) electrons. The van der Waals surface area contributed by atoms with E-state index in [-0.39, 0.29) is 4.88 Å². The van der Waals surface area contributed by atoms with Gasteiger partial charge >= 0.3 is 5.97 Å². The third kappa shape index (κ3) is 3.09. The van der Waals surface area contributed by atoms with Crippen molar-refractivity contribution in [3.05, 3.63) is 26.7 Å². The van der Waals surface area contributed by atoms with E-state index in [1.807, 2.05) is 0 Å². The molecule has 2 rings (SSSR count). The van der Waals surface area contributed by atoms with Crippen molar-refractivity contribution in [1.82, 2.24) is 15.0 Å². The highest BCUT2D eigenvalue weighted by molar-refractivity contribution is 14.1. The molecule has 0 spiro atoms. The maximum Gasteiger partial charge on any atom is 0.347 e. The molecule has 0 saturated heterocycles. The molecule has 2 N–H and O–H groups in total. The third-order valence-electron chi connectivity index (χ3n) is 1.76. The molecule has 0 aliphatic carbocycles. The van der Waals surface area contributed by atoms with Crippen molar-refractivity contribution >= 4 is 50.8 Å². The lowest BCUT2D eigenvalue weighted by Gasteiger charge is -2.02. The summed E-state index contributed by atoms with van der Waals surface area (Å²) in [7, 11) is 0. The Hall–Kier alpha value is -1.29. The van der Waals surface area contributed by atoms with Crippen LogP contribution < -0.4 is 5.32 Å². The summed E-state index contributed by atoms with van der Waals surface area (Å²) in [5.74, 6) is 0.270. The van der Waals surface area contributed by atoms with Crippen LogP contribution in [0.3, 0.4) is 0 Å². The van der Waals surface area contributed by atoms with E-state index in [0.717, 1.165) is 15.0 Å². The van der Waals surface area contributed by atoms with Crippen molar-refractivity contribution in [3.8, 4) is 0 Å². The highest BCUT2D eigenvalue weighted by atomic mass is 127. The number of nitrogens with one attached hydrogen (secondary N) is 1. The summed E-state index contributed by atoms with van der Waals surface area (Å²) in [6.45, 7) is 1.79. The van der Waals surface area contributed by atoms with Gasteiger partial charge in [0, 0.05) is 6.07 Å². The molecule has 0 fully saturated rings. The van der Waals surface area contributed by atoms with E-state index in [0.29, 0.717) is 16.8 Å². The second-order valence-electron chi connectivity index (χ2n) is 3.08. The number of carbonyl (C=O) groups is 1. The number of hydrogen-bond acceptors (Lipinski definition) is 6. The van der Waals surface area contributed by atoms with E-state index in [4.69, 9.17) is 5.11 Å². The summed E-state index contributed by atoms with van der Waals surface area (Å²) in [5.41, 5.74) is 0. The standard InChI is InChI=1S/C9H7IN4O2S/c1-4-12-6(10)2-7(13-4)14-9-11-3-5(17-9)8(15)16/h2-3H,1H3,(H,15,16)(H,11,12,13,14).